The summed E-state index contributed by atoms with van der Waals surface area (Å²) in [4.78, 5) is 4.90. The first-order valence-electron chi connectivity index (χ1n) is 21.2. The Morgan fingerprint density at radius 1 is 0.344 bits per heavy atom. The first-order valence-corrected chi connectivity index (χ1v) is 21.2. The number of fused-ring (bicyclic) bond motifs is 4. The molecule has 0 aromatic heterocycles. The topological polar surface area (TPSA) is 6.48 Å². The summed E-state index contributed by atoms with van der Waals surface area (Å²) in [6.07, 6.45) is 0. The number of hydrogen-bond donors (Lipinski definition) is 0. The largest absolute Gasteiger partial charge is 0.311 e. The molecule has 0 spiro atoms. The summed E-state index contributed by atoms with van der Waals surface area (Å²) in [5.41, 5.74) is 16.5. The van der Waals surface area contributed by atoms with E-state index in [4.69, 9.17) is 0 Å². The van der Waals surface area contributed by atoms with Crippen LogP contribution < -0.4 is 9.80 Å². The van der Waals surface area contributed by atoms with Gasteiger partial charge in [-0.05, 0) is 104 Å². The molecule has 11 rings (SSSR count). The SMILES string of the molecule is CC1(C)c2ccccc2N(c2c(-c3ccc(N(c4ccccc4)c4ccc(-c5ccccc5)cc4)cc3)ccc3ccccc23)c2cc(-c3cccc4ccccc34)ccc21. The molecule has 1 heterocycles. The fraction of sp³-hybridized carbons (Fsp3) is 0.0508. The van der Waals surface area contributed by atoms with Crippen molar-refractivity contribution in [1.29, 1.82) is 0 Å². The van der Waals surface area contributed by atoms with E-state index in [1.54, 1.807) is 0 Å². The second-order valence-electron chi connectivity index (χ2n) is 16.5. The Morgan fingerprint density at radius 3 is 1.61 bits per heavy atom. The highest BCUT2D eigenvalue weighted by atomic mass is 15.2. The van der Waals surface area contributed by atoms with Crippen molar-refractivity contribution < 1.29 is 0 Å². The smallest absolute Gasteiger partial charge is 0.0618 e. The molecule has 0 bridgehead atoms. The highest BCUT2D eigenvalue weighted by Gasteiger charge is 2.38. The third kappa shape index (κ3) is 6.27. The first kappa shape index (κ1) is 36.4. The standard InChI is InChI=1S/C59H44N2/c1-59(2)54-26-13-14-27-56(54)61(57-40-46(33-39-55(57)59)51-25-15-20-43-18-9-11-23-50(43)51)58-52-24-12-10-19-44(52)32-38-53(58)45-30-36-49(37-31-45)60(47-21-7-4-8-22-47)48-34-28-42(29-35-48)41-16-5-3-6-17-41/h3-40H,1-2H3. The van der Waals surface area contributed by atoms with E-state index in [1.807, 2.05) is 0 Å². The molecule has 1 aliphatic rings. The molecule has 0 radical (unpaired) electrons. The van der Waals surface area contributed by atoms with Crippen LogP contribution in [-0.2, 0) is 5.41 Å². The monoisotopic (exact) mass is 780 g/mol. The molecule has 10 aromatic carbocycles. The van der Waals surface area contributed by atoms with Gasteiger partial charge in [0.25, 0.3) is 0 Å². The van der Waals surface area contributed by atoms with E-state index >= 15 is 0 Å². The van der Waals surface area contributed by atoms with E-state index in [-0.39, 0.29) is 5.41 Å². The summed E-state index contributed by atoms with van der Waals surface area (Å²) >= 11 is 0. The summed E-state index contributed by atoms with van der Waals surface area (Å²) in [6, 6.07) is 84.2. The van der Waals surface area contributed by atoms with E-state index in [9.17, 15) is 0 Å². The first-order chi connectivity index (χ1) is 30.0. The van der Waals surface area contributed by atoms with E-state index < -0.39 is 0 Å². The van der Waals surface area contributed by atoms with Gasteiger partial charge in [-0.3, -0.25) is 0 Å². The van der Waals surface area contributed by atoms with Gasteiger partial charge in [-0.25, -0.2) is 0 Å². The van der Waals surface area contributed by atoms with Crippen LogP contribution in [0.5, 0.6) is 0 Å². The lowest BCUT2D eigenvalue weighted by atomic mass is 9.73. The minimum atomic E-state index is -0.216. The molecule has 290 valence electrons. The molecule has 2 heteroatoms. The van der Waals surface area contributed by atoms with Crippen molar-refractivity contribution in [3.8, 4) is 33.4 Å². The lowest BCUT2D eigenvalue weighted by Crippen LogP contribution is -2.31. The third-order valence-corrected chi connectivity index (χ3v) is 12.6. The number of rotatable bonds is 7. The molecule has 0 fully saturated rings. The van der Waals surface area contributed by atoms with Crippen LogP contribution in [0.4, 0.5) is 34.1 Å². The average Bonchev–Trinajstić information content (AvgIpc) is 3.32. The molecule has 0 atom stereocenters. The van der Waals surface area contributed by atoms with Crippen molar-refractivity contribution in [3.63, 3.8) is 0 Å². The maximum atomic E-state index is 2.56. The number of hydrogen-bond acceptors (Lipinski definition) is 2. The zero-order valence-electron chi connectivity index (χ0n) is 34.3. The molecule has 0 saturated heterocycles. The van der Waals surface area contributed by atoms with Crippen LogP contribution >= 0.6 is 0 Å². The molecule has 0 saturated carbocycles. The van der Waals surface area contributed by atoms with Crippen LogP contribution in [0, 0.1) is 0 Å². The predicted octanol–water partition coefficient (Wildman–Crippen LogP) is 16.6. The van der Waals surface area contributed by atoms with Crippen LogP contribution in [0.25, 0.3) is 54.9 Å². The molecular formula is C59H44N2. The highest BCUT2D eigenvalue weighted by molar-refractivity contribution is 6.08. The second kappa shape index (κ2) is 14.9. The molecule has 0 amide bonds. The van der Waals surface area contributed by atoms with Crippen molar-refractivity contribution >= 4 is 55.7 Å². The number of anilines is 6. The normalized spacial score (nSPS) is 12.9. The fourth-order valence-corrected chi connectivity index (χ4v) is 9.58. The minimum absolute atomic E-state index is 0.216. The van der Waals surface area contributed by atoms with Crippen molar-refractivity contribution in [2.24, 2.45) is 0 Å². The molecule has 0 unspecified atom stereocenters. The van der Waals surface area contributed by atoms with Gasteiger partial charge in [-0.2, -0.15) is 0 Å². The summed E-state index contributed by atoms with van der Waals surface area (Å²) in [6.45, 7) is 4.74. The Hall–Kier alpha value is -7.68. The van der Waals surface area contributed by atoms with Gasteiger partial charge in [0.15, 0.2) is 0 Å². The number of benzene rings is 10. The zero-order chi connectivity index (χ0) is 40.9. The molecule has 10 aromatic rings. The Bertz CT molecular complexity index is 3200. The fourth-order valence-electron chi connectivity index (χ4n) is 9.58. The van der Waals surface area contributed by atoms with Crippen LogP contribution in [-0.4, -0.2) is 0 Å². The van der Waals surface area contributed by atoms with Gasteiger partial charge in [0.05, 0.1) is 17.1 Å². The van der Waals surface area contributed by atoms with Crippen molar-refractivity contribution in [3.05, 3.63) is 242 Å². The molecule has 61 heavy (non-hydrogen) atoms. The maximum Gasteiger partial charge on any atom is 0.0618 e. The number of nitrogens with zero attached hydrogens (tertiary/aromatic N) is 2. The van der Waals surface area contributed by atoms with E-state index in [0.29, 0.717) is 0 Å². The van der Waals surface area contributed by atoms with E-state index in [0.717, 1.165) is 22.6 Å². The molecule has 1 aliphatic heterocycles. The summed E-state index contributed by atoms with van der Waals surface area (Å²) < 4.78 is 0. The van der Waals surface area contributed by atoms with E-state index in [2.05, 4.69) is 254 Å². The third-order valence-electron chi connectivity index (χ3n) is 12.6. The summed E-state index contributed by atoms with van der Waals surface area (Å²) in [5, 5.41) is 4.93. The van der Waals surface area contributed by atoms with Gasteiger partial charge in [0.1, 0.15) is 0 Å². The summed E-state index contributed by atoms with van der Waals surface area (Å²) in [7, 11) is 0. The molecule has 0 aliphatic carbocycles. The lowest BCUT2D eigenvalue weighted by molar-refractivity contribution is 0.632. The Labute approximate surface area is 358 Å². The Kier molecular flexibility index (Phi) is 8.86. The van der Waals surface area contributed by atoms with Crippen molar-refractivity contribution in [2.75, 3.05) is 9.80 Å². The van der Waals surface area contributed by atoms with Crippen LogP contribution in [0.2, 0.25) is 0 Å². The van der Waals surface area contributed by atoms with Crippen LogP contribution in [0.15, 0.2) is 231 Å². The Balaban J connectivity index is 1.08. The van der Waals surface area contributed by atoms with Gasteiger partial charge >= 0.3 is 0 Å². The van der Waals surface area contributed by atoms with Gasteiger partial charge in [0.2, 0.25) is 0 Å². The number of para-hydroxylation sites is 2. The van der Waals surface area contributed by atoms with E-state index in [1.165, 1.54) is 77.6 Å². The quantitative estimate of drug-likeness (QED) is 0.159. The lowest BCUT2D eigenvalue weighted by Gasteiger charge is -2.43. The van der Waals surface area contributed by atoms with Gasteiger partial charge in [-0.1, -0.05) is 196 Å². The molecule has 0 N–H and O–H groups in total. The van der Waals surface area contributed by atoms with Crippen LogP contribution in [0.1, 0.15) is 25.0 Å². The average molecular weight is 781 g/mol. The van der Waals surface area contributed by atoms with Gasteiger partial charge in [-0.15, -0.1) is 0 Å². The molecule has 2 nitrogen and oxygen atoms in total. The highest BCUT2D eigenvalue weighted by Crippen LogP contribution is 2.56. The molecular weight excluding hydrogens is 737 g/mol. The van der Waals surface area contributed by atoms with Crippen molar-refractivity contribution in [1.82, 2.24) is 0 Å². The second-order valence-corrected chi connectivity index (χ2v) is 16.5. The summed E-state index contributed by atoms with van der Waals surface area (Å²) in [5.74, 6) is 0. The Morgan fingerprint density at radius 2 is 0.869 bits per heavy atom. The van der Waals surface area contributed by atoms with Crippen molar-refractivity contribution in [2.45, 2.75) is 19.3 Å². The zero-order valence-corrected chi connectivity index (χ0v) is 34.3. The van der Waals surface area contributed by atoms with Gasteiger partial charge in [0, 0.05) is 33.4 Å². The predicted molar refractivity (Wildman–Crippen MR) is 259 cm³/mol. The van der Waals surface area contributed by atoms with Crippen LogP contribution in [0.3, 0.4) is 0 Å². The minimum Gasteiger partial charge on any atom is -0.311 e. The maximum absolute atomic E-state index is 2.56. The van der Waals surface area contributed by atoms with Gasteiger partial charge < -0.3 is 9.80 Å².